The van der Waals surface area contributed by atoms with Gasteiger partial charge in [-0.25, -0.2) is 4.98 Å². The number of nitrogens with one attached hydrogen (secondary N) is 1. The predicted molar refractivity (Wildman–Crippen MR) is 111 cm³/mol. The lowest BCUT2D eigenvalue weighted by Gasteiger charge is -2.17. The molecule has 1 heterocycles. The second kappa shape index (κ2) is 8.31. The number of imidazole rings is 1. The molecule has 7 nitrogen and oxygen atoms in total. The van der Waals surface area contributed by atoms with Gasteiger partial charge in [0.25, 0.3) is 5.91 Å². The summed E-state index contributed by atoms with van der Waals surface area (Å²) in [6, 6.07) is 10.7. The Morgan fingerprint density at radius 2 is 2.07 bits per heavy atom. The van der Waals surface area contributed by atoms with Crippen molar-refractivity contribution < 1.29 is 14.6 Å². The zero-order chi connectivity index (χ0) is 20.3. The van der Waals surface area contributed by atoms with Crippen LogP contribution in [-0.4, -0.2) is 33.3 Å². The maximum atomic E-state index is 12.8. The number of aliphatic hydroxyl groups excluding tert-OH is 1. The van der Waals surface area contributed by atoms with Crippen LogP contribution in [0.25, 0.3) is 11.0 Å². The van der Waals surface area contributed by atoms with Crippen molar-refractivity contribution in [1.82, 2.24) is 9.55 Å². The maximum Gasteiger partial charge on any atom is 0.257 e. The minimum Gasteiger partial charge on any atom is -0.488 e. The summed E-state index contributed by atoms with van der Waals surface area (Å²) in [4.78, 5) is 17.2. The van der Waals surface area contributed by atoms with E-state index in [4.69, 9.17) is 10.5 Å². The van der Waals surface area contributed by atoms with E-state index in [1.54, 1.807) is 36.7 Å². The van der Waals surface area contributed by atoms with Crippen molar-refractivity contribution in [1.29, 1.82) is 0 Å². The summed E-state index contributed by atoms with van der Waals surface area (Å²) in [5.74, 6) is 0.247. The molecule has 148 valence electrons. The highest BCUT2D eigenvalue weighted by molar-refractivity contribution is 6.10. The third-order valence-electron chi connectivity index (χ3n) is 4.62. The highest BCUT2D eigenvalue weighted by atomic mass is 16.5. The van der Waals surface area contributed by atoms with Gasteiger partial charge in [-0.2, -0.15) is 0 Å². The summed E-state index contributed by atoms with van der Waals surface area (Å²) in [5, 5.41) is 12.4. The molecule has 0 fully saturated rings. The number of carbonyl (C=O) groups is 1. The van der Waals surface area contributed by atoms with Gasteiger partial charge >= 0.3 is 0 Å². The lowest BCUT2D eigenvalue weighted by Crippen LogP contribution is -2.20. The van der Waals surface area contributed by atoms with E-state index in [0.29, 0.717) is 34.6 Å². The molecule has 1 unspecified atom stereocenters. The SMILES string of the molecule is CCC(CO)Oc1cc(NC(=O)c2ccccc2N)c2ncn(C(C)C)c2c1. The quantitative estimate of drug-likeness (QED) is 0.542. The van der Waals surface area contributed by atoms with E-state index in [-0.39, 0.29) is 24.7 Å². The number of ether oxygens (including phenoxy) is 1. The van der Waals surface area contributed by atoms with Gasteiger partial charge in [0.1, 0.15) is 17.4 Å². The molecule has 1 amide bonds. The number of nitrogens with zero attached hydrogens (tertiary/aromatic N) is 2. The normalized spacial score (nSPS) is 12.3. The molecule has 3 aromatic rings. The first-order chi connectivity index (χ1) is 13.4. The van der Waals surface area contributed by atoms with Crippen molar-refractivity contribution in [3.05, 3.63) is 48.3 Å². The third kappa shape index (κ3) is 3.94. The average molecular weight is 382 g/mol. The second-order valence-corrected chi connectivity index (χ2v) is 6.96. The number of aliphatic hydroxyl groups is 1. The van der Waals surface area contributed by atoms with E-state index < -0.39 is 0 Å². The number of nitrogen functional groups attached to an aromatic ring is 1. The molecule has 2 aromatic carbocycles. The number of rotatable bonds is 7. The van der Waals surface area contributed by atoms with E-state index in [2.05, 4.69) is 24.1 Å². The van der Waals surface area contributed by atoms with E-state index in [0.717, 1.165) is 5.52 Å². The summed E-state index contributed by atoms with van der Waals surface area (Å²) in [5.41, 5.74) is 8.78. The molecular formula is C21H26N4O3. The third-order valence-corrected chi connectivity index (χ3v) is 4.62. The summed E-state index contributed by atoms with van der Waals surface area (Å²) in [6.07, 6.45) is 2.09. The number of nitrogens with two attached hydrogens (primary N) is 1. The lowest BCUT2D eigenvalue weighted by molar-refractivity contribution is 0.102. The number of benzene rings is 2. The standard InChI is InChI=1S/C21H26N4O3/c1-4-14(11-26)28-15-9-18(20-19(10-15)25(12-23-20)13(2)3)24-21(27)16-7-5-6-8-17(16)22/h5-10,12-14,26H,4,11,22H2,1-3H3,(H,24,27). The van der Waals surface area contributed by atoms with Crippen LogP contribution in [0.4, 0.5) is 11.4 Å². The fraction of sp³-hybridized carbons (Fsp3) is 0.333. The molecular weight excluding hydrogens is 356 g/mol. The lowest BCUT2D eigenvalue weighted by atomic mass is 10.1. The number of amides is 1. The van der Waals surface area contributed by atoms with Crippen LogP contribution in [0.15, 0.2) is 42.7 Å². The fourth-order valence-corrected chi connectivity index (χ4v) is 3.02. The first-order valence-corrected chi connectivity index (χ1v) is 9.38. The van der Waals surface area contributed by atoms with Crippen molar-refractivity contribution in [2.45, 2.75) is 39.3 Å². The van der Waals surface area contributed by atoms with Gasteiger partial charge in [-0.3, -0.25) is 4.79 Å². The Bertz CT molecular complexity index is 977. The van der Waals surface area contributed by atoms with Gasteiger partial charge in [0, 0.05) is 23.9 Å². The summed E-state index contributed by atoms with van der Waals surface area (Å²) in [7, 11) is 0. The van der Waals surface area contributed by atoms with Crippen LogP contribution in [0.3, 0.4) is 0 Å². The monoisotopic (exact) mass is 382 g/mol. The Kier molecular flexibility index (Phi) is 5.84. The summed E-state index contributed by atoms with van der Waals surface area (Å²) < 4.78 is 7.92. The molecule has 7 heteroatoms. The van der Waals surface area contributed by atoms with Crippen molar-refractivity contribution in [2.75, 3.05) is 17.7 Å². The number of fused-ring (bicyclic) bond motifs is 1. The molecule has 0 saturated carbocycles. The predicted octanol–water partition coefficient (Wildman–Crippen LogP) is 3.60. The summed E-state index contributed by atoms with van der Waals surface area (Å²) >= 11 is 0. The smallest absolute Gasteiger partial charge is 0.257 e. The molecule has 0 radical (unpaired) electrons. The van der Waals surface area contributed by atoms with Crippen molar-refractivity contribution in [3.63, 3.8) is 0 Å². The molecule has 0 aliphatic carbocycles. The number of anilines is 2. The van der Waals surface area contributed by atoms with Gasteiger partial charge in [0.2, 0.25) is 0 Å². The van der Waals surface area contributed by atoms with E-state index in [1.807, 2.05) is 17.6 Å². The molecule has 0 saturated heterocycles. The van der Waals surface area contributed by atoms with Crippen molar-refractivity contribution >= 4 is 28.3 Å². The molecule has 28 heavy (non-hydrogen) atoms. The molecule has 1 aromatic heterocycles. The molecule has 3 rings (SSSR count). The highest BCUT2D eigenvalue weighted by Gasteiger charge is 2.17. The largest absolute Gasteiger partial charge is 0.488 e. The minimum absolute atomic E-state index is 0.0831. The Labute approximate surface area is 164 Å². The van der Waals surface area contributed by atoms with Crippen LogP contribution in [-0.2, 0) is 0 Å². The molecule has 4 N–H and O–H groups in total. The minimum atomic E-state index is -0.318. The fourth-order valence-electron chi connectivity index (χ4n) is 3.02. The number of carbonyl (C=O) groups excluding carboxylic acids is 1. The first kappa shape index (κ1) is 19.7. The van der Waals surface area contributed by atoms with Crippen LogP contribution < -0.4 is 15.8 Å². The van der Waals surface area contributed by atoms with Crippen LogP contribution in [0.1, 0.15) is 43.6 Å². The first-order valence-electron chi connectivity index (χ1n) is 9.38. The van der Waals surface area contributed by atoms with Gasteiger partial charge in [-0.1, -0.05) is 19.1 Å². The number of para-hydroxylation sites is 1. The van der Waals surface area contributed by atoms with Gasteiger partial charge in [0.05, 0.1) is 29.7 Å². The van der Waals surface area contributed by atoms with Crippen LogP contribution >= 0.6 is 0 Å². The number of hydrogen-bond acceptors (Lipinski definition) is 5. The van der Waals surface area contributed by atoms with Gasteiger partial charge in [0.15, 0.2) is 0 Å². The summed E-state index contributed by atoms with van der Waals surface area (Å²) in [6.45, 7) is 5.97. The Balaban J connectivity index is 2.04. The molecule has 0 aliphatic rings. The molecule has 0 spiro atoms. The topological polar surface area (TPSA) is 102 Å². The zero-order valence-electron chi connectivity index (χ0n) is 16.3. The molecule has 0 aliphatic heterocycles. The Morgan fingerprint density at radius 3 is 2.71 bits per heavy atom. The van der Waals surface area contributed by atoms with Gasteiger partial charge < -0.3 is 25.5 Å². The number of hydrogen-bond donors (Lipinski definition) is 3. The number of aromatic nitrogens is 2. The molecule has 0 bridgehead atoms. The average Bonchev–Trinajstić information content (AvgIpc) is 3.11. The maximum absolute atomic E-state index is 12.8. The van der Waals surface area contributed by atoms with Gasteiger partial charge in [-0.15, -0.1) is 0 Å². The Hall–Kier alpha value is -3.06. The van der Waals surface area contributed by atoms with Crippen LogP contribution in [0.2, 0.25) is 0 Å². The van der Waals surface area contributed by atoms with Crippen LogP contribution in [0.5, 0.6) is 5.75 Å². The zero-order valence-corrected chi connectivity index (χ0v) is 16.3. The molecule has 1 atom stereocenters. The van der Waals surface area contributed by atoms with Gasteiger partial charge in [-0.05, 0) is 32.4 Å². The highest BCUT2D eigenvalue weighted by Crippen LogP contribution is 2.31. The van der Waals surface area contributed by atoms with Crippen LogP contribution in [0, 0.1) is 0 Å². The Morgan fingerprint density at radius 1 is 1.32 bits per heavy atom. The van der Waals surface area contributed by atoms with Crippen molar-refractivity contribution in [3.8, 4) is 5.75 Å². The van der Waals surface area contributed by atoms with E-state index >= 15 is 0 Å². The van der Waals surface area contributed by atoms with E-state index in [9.17, 15) is 9.90 Å². The van der Waals surface area contributed by atoms with E-state index in [1.165, 1.54) is 0 Å². The second-order valence-electron chi connectivity index (χ2n) is 6.96. The van der Waals surface area contributed by atoms with Crippen molar-refractivity contribution in [2.24, 2.45) is 0 Å².